The summed E-state index contributed by atoms with van der Waals surface area (Å²) in [6.45, 7) is 6.12. The van der Waals surface area contributed by atoms with E-state index in [1.54, 1.807) is 19.2 Å². The summed E-state index contributed by atoms with van der Waals surface area (Å²) >= 11 is 0. The number of carbonyl (C=O) groups is 1. The number of piperazine rings is 1. The van der Waals surface area contributed by atoms with Crippen LogP contribution in [0.15, 0.2) is 41.5 Å². The first-order chi connectivity index (χ1) is 17.7. The largest absolute Gasteiger partial charge is 0.493 e. The van der Waals surface area contributed by atoms with Gasteiger partial charge in [0.1, 0.15) is 0 Å². The number of sulfonamides is 1. The van der Waals surface area contributed by atoms with Crippen LogP contribution in [0.2, 0.25) is 0 Å². The van der Waals surface area contributed by atoms with Crippen LogP contribution in [-0.4, -0.2) is 82.0 Å². The molecule has 9 nitrogen and oxygen atoms in total. The van der Waals surface area contributed by atoms with Gasteiger partial charge in [-0.15, -0.1) is 0 Å². The number of fused-ring (bicyclic) bond motifs is 1. The zero-order valence-corrected chi connectivity index (χ0v) is 23.0. The molecule has 1 fully saturated rings. The Morgan fingerprint density at radius 2 is 1.62 bits per heavy atom. The molecule has 2 aliphatic heterocycles. The lowest BCUT2D eigenvalue weighted by Gasteiger charge is -2.34. The number of hydrogen-bond donors (Lipinski definition) is 0. The molecule has 0 spiro atoms. The van der Waals surface area contributed by atoms with Crippen LogP contribution < -0.4 is 14.4 Å². The van der Waals surface area contributed by atoms with Gasteiger partial charge in [0.25, 0.3) is 0 Å². The zero-order chi connectivity index (χ0) is 26.7. The quantitative estimate of drug-likeness (QED) is 0.549. The van der Waals surface area contributed by atoms with E-state index in [-0.39, 0.29) is 11.9 Å². The molecule has 0 radical (unpaired) electrons. The SMILES string of the molecule is CCC(=O)N1N=C(c2ccc(N3CCN(S(C)(=O)=O)CC3)cc2)c2cc(OC)c(OC)cc2C[C@@H]1CC. The van der Waals surface area contributed by atoms with Crippen LogP contribution in [0.3, 0.4) is 0 Å². The van der Waals surface area contributed by atoms with Crippen molar-refractivity contribution in [1.82, 2.24) is 9.31 Å². The van der Waals surface area contributed by atoms with Crippen molar-refractivity contribution in [2.45, 2.75) is 39.2 Å². The first kappa shape index (κ1) is 26.9. The van der Waals surface area contributed by atoms with Crippen LogP contribution in [0.4, 0.5) is 5.69 Å². The van der Waals surface area contributed by atoms with Crippen LogP contribution >= 0.6 is 0 Å². The molecule has 1 saturated heterocycles. The molecule has 2 aromatic carbocycles. The van der Waals surface area contributed by atoms with Gasteiger partial charge >= 0.3 is 0 Å². The van der Waals surface area contributed by atoms with E-state index in [4.69, 9.17) is 14.6 Å². The number of ether oxygens (including phenoxy) is 2. The molecule has 1 atom stereocenters. The normalized spacial score (nSPS) is 18.6. The molecule has 200 valence electrons. The van der Waals surface area contributed by atoms with Crippen LogP contribution in [0.25, 0.3) is 0 Å². The van der Waals surface area contributed by atoms with Crippen molar-refractivity contribution in [2.24, 2.45) is 5.10 Å². The highest BCUT2D eigenvalue weighted by atomic mass is 32.2. The van der Waals surface area contributed by atoms with Gasteiger partial charge in [-0.05, 0) is 42.7 Å². The first-order valence-corrected chi connectivity index (χ1v) is 14.5. The Hall–Kier alpha value is -3.11. The monoisotopic (exact) mass is 528 g/mol. The molecule has 2 heterocycles. The number of rotatable bonds is 7. The van der Waals surface area contributed by atoms with E-state index in [2.05, 4.69) is 11.8 Å². The Labute approximate surface area is 219 Å². The summed E-state index contributed by atoms with van der Waals surface area (Å²) < 4.78 is 36.4. The maximum Gasteiger partial charge on any atom is 0.242 e. The zero-order valence-electron chi connectivity index (χ0n) is 22.2. The molecule has 2 aromatic rings. The summed E-state index contributed by atoms with van der Waals surface area (Å²) in [7, 11) is 0.0514. The van der Waals surface area contributed by atoms with Crippen LogP contribution in [0, 0.1) is 0 Å². The molecule has 2 aliphatic rings. The number of amides is 1. The highest BCUT2D eigenvalue weighted by Gasteiger charge is 2.30. The third-order valence-corrected chi connectivity index (χ3v) is 8.42. The number of hydrogen-bond acceptors (Lipinski definition) is 7. The van der Waals surface area contributed by atoms with Crippen molar-refractivity contribution in [3.8, 4) is 11.5 Å². The molecule has 37 heavy (non-hydrogen) atoms. The standard InChI is InChI=1S/C27H36N4O5S/c1-6-21-16-20-17-24(35-3)25(36-4)18-23(20)27(28-31(21)26(32)7-2)19-8-10-22(11-9-19)29-12-14-30(15-13-29)37(5,33)34/h8-11,17-18,21H,6-7,12-16H2,1-5H3/t21-/m0/s1. The topological polar surface area (TPSA) is 91.8 Å². The fourth-order valence-corrected chi connectivity index (χ4v) is 5.78. The van der Waals surface area contributed by atoms with Gasteiger partial charge < -0.3 is 14.4 Å². The molecule has 0 aromatic heterocycles. The van der Waals surface area contributed by atoms with Crippen molar-refractivity contribution >= 4 is 27.3 Å². The number of anilines is 1. The fourth-order valence-electron chi connectivity index (χ4n) is 4.95. The molecule has 0 N–H and O–H groups in total. The molecule has 4 rings (SSSR count). The van der Waals surface area contributed by atoms with Gasteiger partial charge in [0.2, 0.25) is 15.9 Å². The maximum atomic E-state index is 12.9. The highest BCUT2D eigenvalue weighted by Crippen LogP contribution is 2.35. The maximum absolute atomic E-state index is 12.9. The summed E-state index contributed by atoms with van der Waals surface area (Å²) in [6, 6.07) is 12.0. The van der Waals surface area contributed by atoms with Crippen molar-refractivity contribution in [3.05, 3.63) is 53.1 Å². The third-order valence-electron chi connectivity index (χ3n) is 7.12. The molecule has 0 unspecified atom stereocenters. The molecular formula is C27H36N4O5S. The first-order valence-electron chi connectivity index (χ1n) is 12.7. The summed E-state index contributed by atoms with van der Waals surface area (Å²) in [6.07, 6.45) is 3.06. The van der Waals surface area contributed by atoms with E-state index in [0.29, 0.717) is 56.2 Å². The minimum Gasteiger partial charge on any atom is -0.493 e. The average Bonchev–Trinajstić information content (AvgIpc) is 3.07. The van der Waals surface area contributed by atoms with Crippen LogP contribution in [0.1, 0.15) is 43.4 Å². The molecular weight excluding hydrogens is 492 g/mol. The van der Waals surface area contributed by atoms with Gasteiger partial charge in [-0.3, -0.25) is 4.79 Å². The van der Waals surface area contributed by atoms with E-state index in [0.717, 1.165) is 28.8 Å². The van der Waals surface area contributed by atoms with Crippen LogP contribution in [0.5, 0.6) is 11.5 Å². The lowest BCUT2D eigenvalue weighted by atomic mass is 9.93. The van der Waals surface area contributed by atoms with Crippen molar-refractivity contribution < 1.29 is 22.7 Å². The van der Waals surface area contributed by atoms with Gasteiger partial charge in [-0.1, -0.05) is 26.0 Å². The Morgan fingerprint density at radius 3 is 2.16 bits per heavy atom. The van der Waals surface area contributed by atoms with Crippen LogP contribution in [-0.2, 0) is 21.2 Å². The minimum atomic E-state index is -3.18. The summed E-state index contributed by atoms with van der Waals surface area (Å²) in [5.41, 5.74) is 4.58. The second kappa shape index (κ2) is 11.1. The number of carbonyl (C=O) groups excluding carboxylic acids is 1. The summed E-state index contributed by atoms with van der Waals surface area (Å²) in [5, 5.41) is 6.58. The van der Waals surface area contributed by atoms with E-state index >= 15 is 0 Å². The molecule has 0 saturated carbocycles. The Morgan fingerprint density at radius 1 is 1.00 bits per heavy atom. The van der Waals surface area contributed by atoms with E-state index in [1.165, 1.54) is 10.6 Å². The summed E-state index contributed by atoms with van der Waals surface area (Å²) in [4.78, 5) is 15.1. The summed E-state index contributed by atoms with van der Waals surface area (Å²) in [5.74, 6) is 1.24. The fraction of sp³-hybridized carbons (Fsp3) is 0.481. The second-order valence-corrected chi connectivity index (χ2v) is 11.3. The number of methoxy groups -OCH3 is 2. The van der Waals surface area contributed by atoms with Gasteiger partial charge in [-0.25, -0.2) is 13.4 Å². The number of benzene rings is 2. The van der Waals surface area contributed by atoms with Gasteiger partial charge in [-0.2, -0.15) is 9.41 Å². The van der Waals surface area contributed by atoms with E-state index < -0.39 is 10.0 Å². The molecule has 1 amide bonds. The van der Waals surface area contributed by atoms with Crippen molar-refractivity contribution in [3.63, 3.8) is 0 Å². The minimum absolute atomic E-state index is 0.0172. The Kier molecular flexibility index (Phi) is 8.08. The van der Waals surface area contributed by atoms with E-state index in [9.17, 15) is 13.2 Å². The van der Waals surface area contributed by atoms with Crippen molar-refractivity contribution in [2.75, 3.05) is 51.6 Å². The average molecular weight is 529 g/mol. The smallest absolute Gasteiger partial charge is 0.242 e. The molecule has 0 bridgehead atoms. The highest BCUT2D eigenvalue weighted by molar-refractivity contribution is 7.88. The van der Waals surface area contributed by atoms with Gasteiger partial charge in [0, 0.05) is 49.4 Å². The van der Waals surface area contributed by atoms with Gasteiger partial charge in [0.05, 0.1) is 32.2 Å². The molecule has 10 heteroatoms. The lowest BCUT2D eigenvalue weighted by Crippen LogP contribution is -2.48. The predicted molar refractivity (Wildman–Crippen MR) is 145 cm³/mol. The Balaban J connectivity index is 1.73. The van der Waals surface area contributed by atoms with Gasteiger partial charge in [0.15, 0.2) is 11.5 Å². The predicted octanol–water partition coefficient (Wildman–Crippen LogP) is 3.11. The number of hydrazone groups is 1. The number of nitrogens with zero attached hydrogens (tertiary/aromatic N) is 4. The third kappa shape index (κ3) is 5.60. The Bertz CT molecular complexity index is 1270. The second-order valence-electron chi connectivity index (χ2n) is 9.37. The van der Waals surface area contributed by atoms with Crippen molar-refractivity contribution in [1.29, 1.82) is 0 Å². The molecule has 0 aliphatic carbocycles. The lowest BCUT2D eigenvalue weighted by molar-refractivity contribution is -0.133. The van der Waals surface area contributed by atoms with E-state index in [1.807, 2.05) is 43.3 Å².